The van der Waals surface area contributed by atoms with Gasteiger partial charge in [0.15, 0.2) is 6.61 Å². The summed E-state index contributed by atoms with van der Waals surface area (Å²) in [6, 6.07) is 13.5. The number of rotatable bonds is 7. The first-order chi connectivity index (χ1) is 13.9. The monoisotopic (exact) mass is 412 g/mol. The van der Waals surface area contributed by atoms with Gasteiger partial charge in [-0.1, -0.05) is 23.5 Å². The number of hydrogen-bond donors (Lipinski definition) is 3. The highest BCUT2D eigenvalue weighted by Crippen LogP contribution is 2.18. The van der Waals surface area contributed by atoms with E-state index in [0.717, 1.165) is 16.9 Å². The Morgan fingerprint density at radius 3 is 2.17 bits per heavy atom. The molecular formula is C19H16N4O5S. The van der Waals surface area contributed by atoms with Crippen molar-refractivity contribution in [2.75, 3.05) is 17.2 Å². The topological polar surface area (TPSA) is 131 Å². The molecule has 1 heterocycles. The van der Waals surface area contributed by atoms with E-state index in [9.17, 15) is 14.4 Å². The number of carboxylic acids is 1. The summed E-state index contributed by atoms with van der Waals surface area (Å²) in [7, 11) is 0. The van der Waals surface area contributed by atoms with Gasteiger partial charge in [-0.05, 0) is 48.9 Å². The molecule has 0 radical (unpaired) electrons. The van der Waals surface area contributed by atoms with Crippen molar-refractivity contribution in [2.24, 2.45) is 0 Å². The number of nitrogens with zero attached hydrogens (tertiary/aromatic N) is 2. The van der Waals surface area contributed by atoms with Gasteiger partial charge in [0.25, 0.3) is 11.8 Å². The van der Waals surface area contributed by atoms with Crippen LogP contribution in [0.25, 0.3) is 0 Å². The normalized spacial score (nSPS) is 10.2. The molecule has 9 nitrogen and oxygen atoms in total. The standard InChI is InChI=1S/C19H16N4O5S/c1-11-3-2-4-13(9-11)21-17(27)19-23-22-18(29-19)16(26)20-12-5-7-14(8-6-12)28-10-15(24)25/h2-9H,10H2,1H3,(H,20,26)(H,21,27)(H,24,25). The highest BCUT2D eigenvalue weighted by molar-refractivity contribution is 7.15. The van der Waals surface area contributed by atoms with E-state index in [1.807, 2.05) is 25.1 Å². The molecule has 0 fully saturated rings. The van der Waals surface area contributed by atoms with Crippen LogP contribution in [0, 0.1) is 6.92 Å². The summed E-state index contributed by atoms with van der Waals surface area (Å²) in [6.07, 6.45) is 0. The number of carboxylic acid groups (broad SMARTS) is 1. The number of aromatic nitrogens is 2. The van der Waals surface area contributed by atoms with Gasteiger partial charge in [-0.3, -0.25) is 9.59 Å². The van der Waals surface area contributed by atoms with Crippen LogP contribution in [0.1, 0.15) is 25.2 Å². The van der Waals surface area contributed by atoms with Crippen LogP contribution in [0.4, 0.5) is 11.4 Å². The fraction of sp³-hybridized carbons (Fsp3) is 0.105. The molecule has 1 aromatic heterocycles. The number of aryl methyl sites for hydroxylation is 1. The fourth-order valence-electron chi connectivity index (χ4n) is 2.28. The van der Waals surface area contributed by atoms with Gasteiger partial charge < -0.3 is 20.5 Å². The Hall–Kier alpha value is -3.79. The lowest BCUT2D eigenvalue weighted by Gasteiger charge is -2.05. The number of aliphatic carboxylic acids is 1. The number of ether oxygens (including phenoxy) is 1. The third-order valence-electron chi connectivity index (χ3n) is 3.56. The minimum atomic E-state index is -1.08. The third kappa shape index (κ3) is 5.59. The molecule has 0 unspecified atom stereocenters. The Labute approximate surface area is 169 Å². The Balaban J connectivity index is 1.60. The second-order valence-electron chi connectivity index (χ2n) is 5.90. The van der Waals surface area contributed by atoms with E-state index in [1.54, 1.807) is 18.2 Å². The van der Waals surface area contributed by atoms with Gasteiger partial charge in [-0.25, -0.2) is 4.79 Å². The molecule has 0 saturated heterocycles. The summed E-state index contributed by atoms with van der Waals surface area (Å²) in [5.41, 5.74) is 2.08. The second kappa shape index (κ2) is 8.93. The second-order valence-corrected chi connectivity index (χ2v) is 6.87. The molecule has 0 atom stereocenters. The van der Waals surface area contributed by atoms with Gasteiger partial charge in [0.05, 0.1) is 0 Å². The molecule has 0 aliphatic carbocycles. The van der Waals surface area contributed by atoms with E-state index in [0.29, 0.717) is 17.1 Å². The van der Waals surface area contributed by atoms with E-state index >= 15 is 0 Å². The molecule has 0 saturated carbocycles. The molecule has 3 aromatic rings. The van der Waals surface area contributed by atoms with Crippen molar-refractivity contribution in [1.82, 2.24) is 10.2 Å². The zero-order valence-corrected chi connectivity index (χ0v) is 16.0. The Bertz CT molecular complexity index is 1050. The molecule has 0 spiro atoms. The van der Waals surface area contributed by atoms with Crippen molar-refractivity contribution in [3.63, 3.8) is 0 Å². The maximum Gasteiger partial charge on any atom is 0.341 e. The lowest BCUT2D eigenvalue weighted by molar-refractivity contribution is -0.139. The summed E-state index contributed by atoms with van der Waals surface area (Å²) in [5.74, 6) is -1.69. The quantitative estimate of drug-likeness (QED) is 0.544. The van der Waals surface area contributed by atoms with Crippen LogP contribution in [0.2, 0.25) is 0 Å². The first-order valence-electron chi connectivity index (χ1n) is 8.38. The number of carbonyl (C=O) groups excluding carboxylic acids is 2. The van der Waals surface area contributed by atoms with Crippen molar-refractivity contribution >= 4 is 40.5 Å². The first-order valence-corrected chi connectivity index (χ1v) is 9.20. The smallest absolute Gasteiger partial charge is 0.341 e. The van der Waals surface area contributed by atoms with Crippen LogP contribution in [0.5, 0.6) is 5.75 Å². The number of anilines is 2. The summed E-state index contributed by atoms with van der Waals surface area (Å²) in [5, 5.41) is 21.6. The van der Waals surface area contributed by atoms with E-state index in [1.165, 1.54) is 12.1 Å². The summed E-state index contributed by atoms with van der Waals surface area (Å²) in [6.45, 7) is 1.46. The van der Waals surface area contributed by atoms with Gasteiger partial charge >= 0.3 is 5.97 Å². The molecule has 148 valence electrons. The number of amides is 2. The van der Waals surface area contributed by atoms with Gasteiger partial charge in [-0.15, -0.1) is 10.2 Å². The molecule has 3 N–H and O–H groups in total. The Morgan fingerprint density at radius 2 is 1.59 bits per heavy atom. The third-order valence-corrected chi connectivity index (χ3v) is 4.48. The predicted octanol–water partition coefficient (Wildman–Crippen LogP) is 2.81. The molecular weight excluding hydrogens is 396 g/mol. The maximum atomic E-state index is 12.3. The highest BCUT2D eigenvalue weighted by atomic mass is 32.1. The molecule has 2 amide bonds. The van der Waals surface area contributed by atoms with Crippen LogP contribution in [0.3, 0.4) is 0 Å². The van der Waals surface area contributed by atoms with E-state index in [-0.39, 0.29) is 10.0 Å². The Kier molecular flexibility index (Phi) is 6.15. The first kappa shape index (κ1) is 20.0. The van der Waals surface area contributed by atoms with Gasteiger partial charge in [0, 0.05) is 11.4 Å². The van der Waals surface area contributed by atoms with Crippen molar-refractivity contribution in [2.45, 2.75) is 6.92 Å². The van der Waals surface area contributed by atoms with Crippen LogP contribution in [-0.2, 0) is 4.79 Å². The fourth-order valence-corrected chi connectivity index (χ4v) is 2.91. The van der Waals surface area contributed by atoms with Crippen LogP contribution in [-0.4, -0.2) is 39.7 Å². The van der Waals surface area contributed by atoms with Crippen LogP contribution >= 0.6 is 11.3 Å². The molecule has 10 heteroatoms. The van der Waals surface area contributed by atoms with Crippen molar-refractivity contribution in [1.29, 1.82) is 0 Å². The minimum Gasteiger partial charge on any atom is -0.482 e. The molecule has 3 rings (SSSR count). The predicted molar refractivity (Wildman–Crippen MR) is 107 cm³/mol. The summed E-state index contributed by atoms with van der Waals surface area (Å²) < 4.78 is 5.02. The molecule has 0 aliphatic rings. The Morgan fingerprint density at radius 1 is 0.966 bits per heavy atom. The molecule has 0 bridgehead atoms. The van der Waals surface area contributed by atoms with Crippen molar-refractivity contribution in [3.05, 3.63) is 64.1 Å². The van der Waals surface area contributed by atoms with Crippen molar-refractivity contribution < 1.29 is 24.2 Å². The highest BCUT2D eigenvalue weighted by Gasteiger charge is 2.18. The van der Waals surface area contributed by atoms with Gasteiger partial charge in [0.2, 0.25) is 10.0 Å². The number of carbonyl (C=O) groups is 3. The number of nitrogens with one attached hydrogen (secondary N) is 2. The van der Waals surface area contributed by atoms with E-state index in [2.05, 4.69) is 20.8 Å². The average Bonchev–Trinajstić information content (AvgIpc) is 3.18. The molecule has 29 heavy (non-hydrogen) atoms. The van der Waals surface area contributed by atoms with E-state index in [4.69, 9.17) is 9.84 Å². The van der Waals surface area contributed by atoms with Crippen molar-refractivity contribution in [3.8, 4) is 5.75 Å². The summed E-state index contributed by atoms with van der Waals surface area (Å²) in [4.78, 5) is 35.1. The maximum absolute atomic E-state index is 12.3. The van der Waals surface area contributed by atoms with Crippen LogP contribution < -0.4 is 15.4 Å². The largest absolute Gasteiger partial charge is 0.482 e. The lowest BCUT2D eigenvalue weighted by atomic mass is 10.2. The lowest BCUT2D eigenvalue weighted by Crippen LogP contribution is -2.12. The number of hydrogen-bond acceptors (Lipinski definition) is 7. The SMILES string of the molecule is Cc1cccc(NC(=O)c2nnc(C(=O)Nc3ccc(OCC(=O)O)cc3)s2)c1. The average molecular weight is 412 g/mol. The van der Waals surface area contributed by atoms with Crippen LogP contribution in [0.15, 0.2) is 48.5 Å². The van der Waals surface area contributed by atoms with Gasteiger partial charge in [0.1, 0.15) is 5.75 Å². The van der Waals surface area contributed by atoms with E-state index < -0.39 is 24.4 Å². The zero-order valence-electron chi connectivity index (χ0n) is 15.2. The van der Waals surface area contributed by atoms with Gasteiger partial charge in [-0.2, -0.15) is 0 Å². The molecule has 2 aromatic carbocycles. The number of benzene rings is 2. The zero-order chi connectivity index (χ0) is 20.8. The summed E-state index contributed by atoms with van der Waals surface area (Å²) >= 11 is 0.870. The minimum absolute atomic E-state index is 0.0330. The molecule has 0 aliphatic heterocycles.